The van der Waals surface area contributed by atoms with Gasteiger partial charge >= 0.3 is 0 Å². The van der Waals surface area contributed by atoms with Crippen LogP contribution in [0.15, 0.2) is 24.4 Å². The first-order chi connectivity index (χ1) is 12.1. The summed E-state index contributed by atoms with van der Waals surface area (Å²) < 4.78 is 13.4. The Morgan fingerprint density at radius 1 is 1.36 bits per heavy atom. The van der Waals surface area contributed by atoms with Crippen molar-refractivity contribution in [1.29, 1.82) is 5.26 Å². The average molecular weight is 337 g/mol. The van der Waals surface area contributed by atoms with Crippen molar-refractivity contribution in [1.82, 2.24) is 10.3 Å². The maximum atomic E-state index is 13.4. The number of nitrogens with one attached hydrogen (secondary N) is 2. The van der Waals surface area contributed by atoms with E-state index in [1.54, 1.807) is 13.0 Å². The van der Waals surface area contributed by atoms with Crippen LogP contribution < -0.4 is 15.5 Å². The largest absolute Gasteiger partial charge is 0.370 e. The van der Waals surface area contributed by atoms with Crippen LogP contribution in [-0.2, 0) is 0 Å². The molecule has 0 unspecified atom stereocenters. The quantitative estimate of drug-likeness (QED) is 0.825. The second kappa shape index (κ2) is 6.01. The van der Waals surface area contributed by atoms with Gasteiger partial charge in [0.25, 0.3) is 0 Å². The lowest BCUT2D eigenvalue weighted by molar-refractivity contribution is 0.413. The topological polar surface area (TPSA) is 64.0 Å². The Morgan fingerprint density at radius 2 is 2.20 bits per heavy atom. The summed E-state index contributed by atoms with van der Waals surface area (Å²) in [4.78, 5) is 6.01. The number of hydrogen-bond donors (Lipinski definition) is 2. The number of aryl methyl sites for hydroxylation is 1. The van der Waals surface area contributed by atoms with Crippen molar-refractivity contribution in [3.63, 3.8) is 0 Å². The molecule has 2 N–H and O–H groups in total. The second-order valence-corrected chi connectivity index (χ2v) is 6.81. The third-order valence-electron chi connectivity index (χ3n) is 5.26. The Bertz CT molecular complexity index is 873. The zero-order valence-electron chi connectivity index (χ0n) is 14.3. The van der Waals surface area contributed by atoms with E-state index >= 15 is 0 Å². The fourth-order valence-electron chi connectivity index (χ4n) is 4.08. The van der Waals surface area contributed by atoms with E-state index in [0.29, 0.717) is 28.8 Å². The fourth-order valence-corrected chi connectivity index (χ4v) is 4.08. The number of nitriles is 1. The van der Waals surface area contributed by atoms with Gasteiger partial charge in [-0.2, -0.15) is 9.65 Å². The van der Waals surface area contributed by atoms with Crippen molar-refractivity contribution in [3.05, 3.63) is 47.0 Å². The monoisotopic (exact) mass is 337 g/mol. The van der Waals surface area contributed by atoms with Gasteiger partial charge in [0, 0.05) is 36.8 Å². The smallest absolute Gasteiger partial charge is 0.215 e. The van der Waals surface area contributed by atoms with Gasteiger partial charge < -0.3 is 15.5 Å². The average Bonchev–Trinajstić information content (AvgIpc) is 2.91. The van der Waals surface area contributed by atoms with Gasteiger partial charge in [0.1, 0.15) is 6.07 Å². The third-order valence-corrected chi connectivity index (χ3v) is 5.26. The van der Waals surface area contributed by atoms with Crippen LogP contribution in [-0.4, -0.2) is 31.2 Å². The highest BCUT2D eigenvalue weighted by molar-refractivity contribution is 5.76. The number of anilines is 3. The van der Waals surface area contributed by atoms with Crippen LogP contribution in [0.3, 0.4) is 0 Å². The van der Waals surface area contributed by atoms with Gasteiger partial charge in [-0.1, -0.05) is 0 Å². The summed E-state index contributed by atoms with van der Waals surface area (Å²) in [5.41, 5.74) is 4.95. The zero-order valence-corrected chi connectivity index (χ0v) is 14.3. The molecule has 1 aromatic carbocycles. The Hall–Kier alpha value is -2.65. The fraction of sp³-hybridized carbons (Fsp3) is 0.368. The van der Waals surface area contributed by atoms with Gasteiger partial charge in [-0.15, -0.1) is 0 Å². The summed E-state index contributed by atoms with van der Waals surface area (Å²) in [7, 11) is 2.08. The van der Waals surface area contributed by atoms with Crippen molar-refractivity contribution in [3.8, 4) is 6.07 Å². The molecule has 25 heavy (non-hydrogen) atoms. The molecule has 2 aromatic rings. The molecule has 2 atom stereocenters. The Balaban J connectivity index is 1.74. The highest BCUT2D eigenvalue weighted by atomic mass is 19.1. The van der Waals surface area contributed by atoms with Gasteiger partial charge in [-0.25, -0.2) is 4.98 Å². The van der Waals surface area contributed by atoms with Crippen molar-refractivity contribution in [2.45, 2.75) is 25.3 Å². The van der Waals surface area contributed by atoms with Gasteiger partial charge in [-0.3, -0.25) is 0 Å². The molecule has 2 aliphatic rings. The summed E-state index contributed by atoms with van der Waals surface area (Å²) in [6.45, 7) is 3.62. The predicted octanol–water partition coefficient (Wildman–Crippen LogP) is 3.04. The lowest BCUT2D eigenvalue weighted by atomic mass is 9.89. The molecule has 3 heterocycles. The standard InChI is InChI=1S/C19H20FN5/c1-11-5-14(9-23-19(11)20)24-13-6-12(8-21)18-15(7-13)16-10-22-4-3-17(16)25(18)2/h5-7,9,16-17,22,24H,3-4,10H2,1-2H3/t16-,17-/m0/s1. The minimum absolute atomic E-state index is 0.385. The number of likely N-dealkylation sites (N-methyl/N-ethyl adjacent to an activating group) is 1. The summed E-state index contributed by atoms with van der Waals surface area (Å²) in [6, 6.07) is 8.47. The van der Waals surface area contributed by atoms with Crippen LogP contribution in [0.2, 0.25) is 0 Å². The number of pyridine rings is 1. The van der Waals surface area contributed by atoms with Crippen LogP contribution >= 0.6 is 0 Å². The van der Waals surface area contributed by atoms with E-state index in [4.69, 9.17) is 0 Å². The Morgan fingerprint density at radius 3 is 2.96 bits per heavy atom. The van der Waals surface area contributed by atoms with E-state index in [1.807, 2.05) is 6.07 Å². The molecule has 1 aromatic heterocycles. The van der Waals surface area contributed by atoms with Crippen molar-refractivity contribution in [2.75, 3.05) is 30.4 Å². The summed E-state index contributed by atoms with van der Waals surface area (Å²) in [5, 5.41) is 16.4. The zero-order chi connectivity index (χ0) is 17.6. The van der Waals surface area contributed by atoms with Gasteiger partial charge in [0.2, 0.25) is 5.95 Å². The maximum Gasteiger partial charge on any atom is 0.215 e. The molecule has 0 bridgehead atoms. The SMILES string of the molecule is Cc1cc(Nc2cc(C#N)c3c(c2)[C@@H]2CNCC[C@@H]2N3C)cnc1F. The number of fused-ring (bicyclic) bond motifs is 3. The first-order valence-electron chi connectivity index (χ1n) is 8.49. The second-order valence-electron chi connectivity index (χ2n) is 6.81. The van der Waals surface area contributed by atoms with Crippen LogP contribution in [0.4, 0.5) is 21.5 Å². The van der Waals surface area contributed by atoms with E-state index in [0.717, 1.165) is 30.9 Å². The predicted molar refractivity (Wildman–Crippen MR) is 95.8 cm³/mol. The van der Waals surface area contributed by atoms with E-state index in [-0.39, 0.29) is 0 Å². The highest BCUT2D eigenvalue weighted by Crippen LogP contribution is 2.45. The molecular formula is C19H20FN5. The number of nitrogens with zero attached hydrogens (tertiary/aromatic N) is 3. The molecule has 0 saturated carbocycles. The number of halogens is 1. The molecule has 0 aliphatic carbocycles. The minimum Gasteiger partial charge on any atom is -0.370 e. The van der Waals surface area contributed by atoms with E-state index in [2.05, 4.69) is 39.7 Å². The van der Waals surface area contributed by atoms with Crippen molar-refractivity contribution >= 4 is 17.1 Å². The van der Waals surface area contributed by atoms with E-state index < -0.39 is 5.95 Å². The van der Waals surface area contributed by atoms with Gasteiger partial charge in [-0.05, 0) is 43.7 Å². The first-order valence-corrected chi connectivity index (χ1v) is 8.49. The van der Waals surface area contributed by atoms with Crippen molar-refractivity contribution < 1.29 is 4.39 Å². The molecular weight excluding hydrogens is 317 g/mol. The minimum atomic E-state index is -0.463. The van der Waals surface area contributed by atoms with Gasteiger partial charge in [0.15, 0.2) is 0 Å². The van der Waals surface area contributed by atoms with E-state index in [1.165, 1.54) is 11.8 Å². The maximum absolute atomic E-state index is 13.4. The Kier molecular flexibility index (Phi) is 3.81. The number of benzene rings is 1. The van der Waals surface area contributed by atoms with E-state index in [9.17, 15) is 9.65 Å². The summed E-state index contributed by atoms with van der Waals surface area (Å²) in [6.07, 6.45) is 2.54. The molecule has 6 heteroatoms. The van der Waals surface area contributed by atoms with Crippen LogP contribution in [0.25, 0.3) is 0 Å². The number of piperidine rings is 1. The normalized spacial score (nSPS) is 21.4. The third kappa shape index (κ3) is 2.61. The summed E-state index contributed by atoms with van der Waals surface area (Å²) in [5.74, 6) is -0.0781. The van der Waals surface area contributed by atoms with Crippen LogP contribution in [0.1, 0.15) is 29.0 Å². The molecule has 0 amide bonds. The number of aromatic nitrogens is 1. The number of hydrogen-bond acceptors (Lipinski definition) is 5. The molecule has 2 aliphatic heterocycles. The summed E-state index contributed by atoms with van der Waals surface area (Å²) >= 11 is 0. The number of rotatable bonds is 2. The van der Waals surface area contributed by atoms with Crippen LogP contribution in [0.5, 0.6) is 0 Å². The lowest BCUT2D eigenvalue weighted by Crippen LogP contribution is -2.42. The first kappa shape index (κ1) is 15.9. The van der Waals surface area contributed by atoms with Crippen LogP contribution in [0, 0.1) is 24.2 Å². The molecule has 5 nitrogen and oxygen atoms in total. The van der Waals surface area contributed by atoms with Crippen molar-refractivity contribution in [2.24, 2.45) is 0 Å². The molecule has 1 saturated heterocycles. The molecule has 1 fully saturated rings. The molecule has 4 rings (SSSR count). The molecule has 0 radical (unpaired) electrons. The molecule has 128 valence electrons. The lowest BCUT2D eigenvalue weighted by Gasteiger charge is -2.31. The Labute approximate surface area is 146 Å². The highest BCUT2D eigenvalue weighted by Gasteiger charge is 2.39. The van der Waals surface area contributed by atoms with Gasteiger partial charge in [0.05, 0.1) is 23.1 Å². The molecule has 0 spiro atoms.